The van der Waals surface area contributed by atoms with Crippen LogP contribution in [0.1, 0.15) is 34.5 Å². The molecule has 0 spiro atoms. The van der Waals surface area contributed by atoms with Gasteiger partial charge < -0.3 is 9.84 Å². The second-order valence-corrected chi connectivity index (χ2v) is 10.4. The first-order valence-electron chi connectivity index (χ1n) is 11.1. The number of fused-ring (bicyclic) bond motifs is 1. The van der Waals surface area contributed by atoms with Crippen LogP contribution in [0.2, 0.25) is 0 Å². The molecule has 0 unspecified atom stereocenters. The third-order valence-electron chi connectivity index (χ3n) is 6.02. The molecular weight excluding hydrogens is 452 g/mol. The fourth-order valence-corrected chi connectivity index (χ4v) is 5.65. The van der Waals surface area contributed by atoms with Crippen molar-refractivity contribution in [2.75, 3.05) is 18.4 Å². The smallest absolute Gasteiger partial charge is 0.259 e. The van der Waals surface area contributed by atoms with Crippen LogP contribution in [0.3, 0.4) is 0 Å². The Balaban J connectivity index is 1.45. The number of nitrogens with one attached hydrogen (secondary N) is 1. The van der Waals surface area contributed by atoms with Crippen molar-refractivity contribution in [2.45, 2.75) is 31.6 Å². The largest absolute Gasteiger partial charge is 0.335 e. The second-order valence-electron chi connectivity index (χ2n) is 8.46. The number of aromatic nitrogens is 2. The molecule has 2 aromatic heterocycles. The van der Waals surface area contributed by atoms with Gasteiger partial charge in [0.05, 0.1) is 27.2 Å². The molecule has 0 saturated carbocycles. The summed E-state index contributed by atoms with van der Waals surface area (Å²) in [4.78, 5) is 18.0. The van der Waals surface area contributed by atoms with Crippen LogP contribution in [0.25, 0.3) is 22.4 Å². The highest BCUT2D eigenvalue weighted by Gasteiger charge is 2.27. The fraction of sp³-hybridized carbons (Fsp3) is 0.240. The molecule has 0 aliphatic carbocycles. The zero-order valence-corrected chi connectivity index (χ0v) is 19.7. The molecule has 3 heterocycles. The minimum atomic E-state index is -3.51. The van der Waals surface area contributed by atoms with Gasteiger partial charge >= 0.3 is 0 Å². The Bertz CT molecular complexity index is 1470. The van der Waals surface area contributed by atoms with Crippen molar-refractivity contribution in [1.82, 2.24) is 14.4 Å². The molecule has 1 amide bonds. The lowest BCUT2D eigenvalue weighted by Crippen LogP contribution is -2.27. The van der Waals surface area contributed by atoms with Crippen molar-refractivity contribution in [3.05, 3.63) is 71.4 Å². The number of anilines is 1. The molecule has 34 heavy (non-hydrogen) atoms. The molecule has 1 aliphatic rings. The first-order valence-corrected chi connectivity index (χ1v) is 12.5. The van der Waals surface area contributed by atoms with Gasteiger partial charge in [-0.15, -0.1) is 0 Å². The first-order chi connectivity index (χ1) is 16.3. The van der Waals surface area contributed by atoms with E-state index in [1.54, 1.807) is 25.1 Å². The summed E-state index contributed by atoms with van der Waals surface area (Å²) in [6.07, 6.45) is 1.75. The maximum atomic E-state index is 13.3. The van der Waals surface area contributed by atoms with E-state index in [1.807, 2.05) is 31.2 Å². The highest BCUT2D eigenvalue weighted by Crippen LogP contribution is 2.28. The summed E-state index contributed by atoms with van der Waals surface area (Å²) in [6.45, 7) is 4.84. The number of benzene rings is 2. The van der Waals surface area contributed by atoms with Gasteiger partial charge in [0.2, 0.25) is 10.0 Å². The normalized spacial score (nSPS) is 14.5. The number of rotatable bonds is 5. The van der Waals surface area contributed by atoms with Gasteiger partial charge in [-0.2, -0.15) is 4.31 Å². The SMILES string of the molecule is Cc1ccc(-c2cc(C(=O)Nc3ccc(S(=O)(=O)N4CCCC4)cc3)c3c(C)noc3n2)cc1. The van der Waals surface area contributed by atoms with Gasteiger partial charge in [0.15, 0.2) is 0 Å². The van der Waals surface area contributed by atoms with Crippen LogP contribution in [-0.4, -0.2) is 41.9 Å². The number of hydrogen-bond donors (Lipinski definition) is 1. The van der Waals surface area contributed by atoms with Crippen LogP contribution >= 0.6 is 0 Å². The van der Waals surface area contributed by atoms with E-state index in [0.717, 1.165) is 24.0 Å². The van der Waals surface area contributed by atoms with Crippen molar-refractivity contribution in [3.63, 3.8) is 0 Å². The van der Waals surface area contributed by atoms with Gasteiger partial charge in [0, 0.05) is 24.3 Å². The summed E-state index contributed by atoms with van der Waals surface area (Å²) in [5.74, 6) is -0.359. The van der Waals surface area contributed by atoms with Crippen molar-refractivity contribution >= 4 is 32.7 Å². The maximum absolute atomic E-state index is 13.3. The maximum Gasteiger partial charge on any atom is 0.259 e. The van der Waals surface area contributed by atoms with E-state index in [-0.39, 0.29) is 16.5 Å². The van der Waals surface area contributed by atoms with E-state index in [9.17, 15) is 13.2 Å². The molecule has 1 N–H and O–H groups in total. The summed E-state index contributed by atoms with van der Waals surface area (Å²) >= 11 is 0. The number of carbonyl (C=O) groups excluding carboxylic acids is 1. The molecule has 9 heteroatoms. The molecule has 2 aromatic carbocycles. The van der Waals surface area contributed by atoms with Gasteiger partial charge in [-0.3, -0.25) is 4.79 Å². The number of sulfonamides is 1. The minimum Gasteiger partial charge on any atom is -0.335 e. The Kier molecular flexibility index (Phi) is 5.66. The zero-order chi connectivity index (χ0) is 23.9. The lowest BCUT2D eigenvalue weighted by molar-refractivity contribution is 0.102. The number of aryl methyl sites for hydroxylation is 2. The van der Waals surface area contributed by atoms with Crippen LogP contribution in [0, 0.1) is 13.8 Å². The molecule has 1 saturated heterocycles. The van der Waals surface area contributed by atoms with Gasteiger partial charge in [0.1, 0.15) is 0 Å². The Morgan fingerprint density at radius 3 is 2.35 bits per heavy atom. The van der Waals surface area contributed by atoms with Crippen molar-refractivity contribution in [3.8, 4) is 11.3 Å². The highest BCUT2D eigenvalue weighted by molar-refractivity contribution is 7.89. The second kappa shape index (κ2) is 8.66. The van der Waals surface area contributed by atoms with E-state index in [1.165, 1.54) is 16.4 Å². The third kappa shape index (κ3) is 4.08. The Hall–Kier alpha value is -3.56. The van der Waals surface area contributed by atoms with Crippen LogP contribution in [0.15, 0.2) is 64.0 Å². The van der Waals surface area contributed by atoms with E-state index < -0.39 is 10.0 Å². The van der Waals surface area contributed by atoms with Crippen LogP contribution < -0.4 is 5.32 Å². The van der Waals surface area contributed by atoms with Crippen molar-refractivity contribution < 1.29 is 17.7 Å². The van der Waals surface area contributed by atoms with E-state index in [0.29, 0.717) is 41.1 Å². The summed E-state index contributed by atoms with van der Waals surface area (Å²) in [5, 5.41) is 7.38. The average molecular weight is 477 g/mol. The van der Waals surface area contributed by atoms with Crippen LogP contribution in [0.5, 0.6) is 0 Å². The molecule has 0 atom stereocenters. The number of pyridine rings is 1. The molecule has 1 fully saturated rings. The van der Waals surface area contributed by atoms with E-state index in [4.69, 9.17) is 4.52 Å². The predicted molar refractivity (Wildman–Crippen MR) is 129 cm³/mol. The molecule has 0 bridgehead atoms. The summed E-state index contributed by atoms with van der Waals surface area (Å²) in [7, 11) is -3.51. The Labute approximate surface area is 197 Å². The lowest BCUT2D eigenvalue weighted by Gasteiger charge is -2.15. The molecular formula is C25H24N4O4S. The van der Waals surface area contributed by atoms with Crippen LogP contribution in [-0.2, 0) is 10.0 Å². The quantitative estimate of drug-likeness (QED) is 0.453. The number of nitrogens with zero attached hydrogens (tertiary/aromatic N) is 3. The van der Waals surface area contributed by atoms with E-state index in [2.05, 4.69) is 15.5 Å². The van der Waals surface area contributed by atoms with Gasteiger partial charge in [0.25, 0.3) is 11.6 Å². The van der Waals surface area contributed by atoms with Gasteiger partial charge in [-0.1, -0.05) is 35.0 Å². The van der Waals surface area contributed by atoms with E-state index >= 15 is 0 Å². The first kappa shape index (κ1) is 22.2. The monoisotopic (exact) mass is 476 g/mol. The third-order valence-corrected chi connectivity index (χ3v) is 7.94. The standard InChI is InChI=1S/C25H24N4O4S/c1-16-5-7-18(8-6-16)22-15-21(23-17(2)28-33-25(23)27-22)24(30)26-19-9-11-20(12-10-19)34(31,32)29-13-3-4-14-29/h5-12,15H,3-4,13-14H2,1-2H3,(H,26,30). The summed E-state index contributed by atoms with van der Waals surface area (Å²) in [6, 6.07) is 15.8. The number of amides is 1. The molecule has 0 radical (unpaired) electrons. The summed E-state index contributed by atoms with van der Waals surface area (Å²) in [5.41, 5.74) is 4.29. The zero-order valence-electron chi connectivity index (χ0n) is 18.9. The highest BCUT2D eigenvalue weighted by atomic mass is 32.2. The molecule has 1 aliphatic heterocycles. The van der Waals surface area contributed by atoms with Crippen molar-refractivity contribution in [2.24, 2.45) is 0 Å². The topological polar surface area (TPSA) is 105 Å². The average Bonchev–Trinajstić information content (AvgIpc) is 3.50. The van der Waals surface area contributed by atoms with Gasteiger partial charge in [-0.05, 0) is 57.0 Å². The Morgan fingerprint density at radius 2 is 1.68 bits per heavy atom. The summed E-state index contributed by atoms with van der Waals surface area (Å²) < 4.78 is 32.4. The Morgan fingerprint density at radius 1 is 1.00 bits per heavy atom. The molecule has 4 aromatic rings. The van der Waals surface area contributed by atoms with Gasteiger partial charge in [-0.25, -0.2) is 13.4 Å². The van der Waals surface area contributed by atoms with Crippen LogP contribution in [0.4, 0.5) is 5.69 Å². The number of carbonyl (C=O) groups is 1. The molecule has 5 rings (SSSR count). The lowest BCUT2D eigenvalue weighted by atomic mass is 10.0. The minimum absolute atomic E-state index is 0.218. The fourth-order valence-electron chi connectivity index (χ4n) is 4.13. The predicted octanol–water partition coefficient (Wildman–Crippen LogP) is 4.54. The molecule has 8 nitrogen and oxygen atoms in total. The molecule has 174 valence electrons. The van der Waals surface area contributed by atoms with Crippen molar-refractivity contribution in [1.29, 1.82) is 0 Å². The number of hydrogen-bond acceptors (Lipinski definition) is 6.